The number of imidazole rings is 1. The molecule has 0 bridgehead atoms. The van der Waals surface area contributed by atoms with Gasteiger partial charge in [-0.2, -0.15) is 0 Å². The smallest absolute Gasteiger partial charge is 0.149 e. The van der Waals surface area contributed by atoms with Gasteiger partial charge in [-0.25, -0.2) is 4.98 Å². The van der Waals surface area contributed by atoms with Crippen LogP contribution in [0.3, 0.4) is 0 Å². The largest absolute Gasteiger partial charge is 0.507 e. The first-order chi connectivity index (χ1) is 35.0. The summed E-state index contributed by atoms with van der Waals surface area (Å²) in [5.74, 6) is -0.749. The molecule has 2 aromatic heterocycles. The van der Waals surface area contributed by atoms with Gasteiger partial charge in [0.15, 0.2) is 0 Å². The lowest BCUT2D eigenvalue weighted by Gasteiger charge is -2.27. The molecule has 0 amide bonds. The third-order valence-electron chi connectivity index (χ3n) is 10.5. The molecule has 0 fully saturated rings. The van der Waals surface area contributed by atoms with E-state index in [4.69, 9.17) is 26.9 Å². The first kappa shape index (κ1) is 24.0. The molecule has 296 valence electrons. The Kier molecular flexibility index (Phi) is 6.03. The monoisotopic (exact) mass is 791 g/mol. The summed E-state index contributed by atoms with van der Waals surface area (Å²) in [5, 5.41) is 12.7. The van der Waals surface area contributed by atoms with Gasteiger partial charge in [0, 0.05) is 35.2 Å². The van der Waals surface area contributed by atoms with Crippen LogP contribution in [0.4, 0.5) is 0 Å². The first-order valence-electron chi connectivity index (χ1n) is 27.8. The van der Waals surface area contributed by atoms with Gasteiger partial charge in [0.25, 0.3) is 0 Å². The van der Waals surface area contributed by atoms with Crippen molar-refractivity contribution in [1.82, 2.24) is 14.5 Å². The highest BCUT2D eigenvalue weighted by atomic mass is 16.3. The van der Waals surface area contributed by atoms with E-state index in [0.717, 1.165) is 12.5 Å². The van der Waals surface area contributed by atoms with E-state index in [1.165, 1.54) is 6.07 Å². The fraction of sp³-hybridized carbons (Fsp3) is 0.236. The van der Waals surface area contributed by atoms with Gasteiger partial charge in [0.1, 0.15) is 11.6 Å². The maximum absolute atomic E-state index is 12.7. The molecular formula is C55H55N3O. The molecule has 4 heteroatoms. The zero-order valence-corrected chi connectivity index (χ0v) is 34.0. The Labute approximate surface area is 374 Å². The van der Waals surface area contributed by atoms with Gasteiger partial charge in [-0.05, 0) is 116 Å². The summed E-state index contributed by atoms with van der Waals surface area (Å²) in [4.78, 5) is 9.63. The second kappa shape index (κ2) is 14.8. The zero-order chi connectivity index (χ0) is 56.3. The van der Waals surface area contributed by atoms with Gasteiger partial charge >= 0.3 is 0 Å². The average Bonchev–Trinajstić information content (AvgIpc) is 3.75. The summed E-state index contributed by atoms with van der Waals surface area (Å²) < 4.78 is 150. The Bertz CT molecular complexity index is 3590. The van der Waals surface area contributed by atoms with Gasteiger partial charge in [0.05, 0.1) is 38.9 Å². The molecule has 0 saturated heterocycles. The Balaban J connectivity index is 1.52. The maximum Gasteiger partial charge on any atom is 0.149 e. The number of fused-ring (bicyclic) bond motifs is 1. The topological polar surface area (TPSA) is 50.9 Å². The molecule has 0 radical (unpaired) electrons. The van der Waals surface area contributed by atoms with Crippen molar-refractivity contribution in [3.05, 3.63) is 168 Å². The van der Waals surface area contributed by atoms with E-state index in [0.29, 0.717) is 33.3 Å². The molecule has 59 heavy (non-hydrogen) atoms. The van der Waals surface area contributed by atoms with Crippen LogP contribution < -0.4 is 0 Å². The number of hydrogen-bond donors (Lipinski definition) is 1. The number of hydrogen-bond acceptors (Lipinski definition) is 3. The number of benzene rings is 6. The number of para-hydroxylation sites is 1. The van der Waals surface area contributed by atoms with E-state index < -0.39 is 96.6 Å². The highest BCUT2D eigenvalue weighted by Gasteiger charge is 2.29. The van der Waals surface area contributed by atoms with Crippen molar-refractivity contribution in [1.29, 1.82) is 0 Å². The molecule has 0 spiro atoms. The lowest BCUT2D eigenvalue weighted by Crippen LogP contribution is -2.17. The van der Waals surface area contributed by atoms with Crippen LogP contribution in [0.25, 0.3) is 72.7 Å². The summed E-state index contributed by atoms with van der Waals surface area (Å²) in [5.41, 5.74) is -1.21. The molecule has 0 saturated carbocycles. The van der Waals surface area contributed by atoms with Crippen molar-refractivity contribution < 1.29 is 28.4 Å². The minimum Gasteiger partial charge on any atom is -0.507 e. The number of pyridine rings is 1. The summed E-state index contributed by atoms with van der Waals surface area (Å²) >= 11 is 0. The summed E-state index contributed by atoms with van der Waals surface area (Å²) in [6.07, 6.45) is -0.617. The van der Waals surface area contributed by atoms with E-state index in [2.05, 4.69) is 4.98 Å². The number of aryl methyl sites for hydroxylation is 1. The van der Waals surface area contributed by atoms with E-state index in [1.807, 2.05) is 77.9 Å². The fourth-order valence-corrected chi connectivity index (χ4v) is 7.22. The molecule has 8 aromatic rings. The molecule has 4 nitrogen and oxygen atoms in total. The van der Waals surface area contributed by atoms with E-state index in [-0.39, 0.29) is 50.5 Å². The highest BCUT2D eigenvalue weighted by Crippen LogP contribution is 2.45. The highest BCUT2D eigenvalue weighted by molar-refractivity contribution is 5.97. The second-order valence-electron chi connectivity index (χ2n) is 17.1. The van der Waals surface area contributed by atoms with Crippen molar-refractivity contribution in [3.8, 4) is 67.5 Å². The van der Waals surface area contributed by atoms with Crippen LogP contribution in [0.2, 0.25) is 0 Å². The molecular weight excluding hydrogens is 719 g/mol. The van der Waals surface area contributed by atoms with Crippen molar-refractivity contribution >= 4 is 11.0 Å². The lowest BCUT2D eigenvalue weighted by atomic mass is 9.79. The zero-order valence-electron chi connectivity index (χ0n) is 51.0. The molecule has 0 atom stereocenters. The molecule has 0 aliphatic heterocycles. The SMILES string of the molecule is [2H]c1nc(-c2cc(-c3cccc4c3nc(-c3cc(C(C)(C)C)cc(C(C)(C([2H])([2H])[2H])C([2H])([2H])[2H])c3O)n4-c3ccc(-c4ccccc4)cc3C([2H])([2H])[2H])cc(C(C)(C)C)c2)c([2H])c(-c2c([2H])c([2H])c([2H])c([2H])c2[2H])c1[2H]. The number of nitrogens with zero attached hydrogens (tertiary/aromatic N) is 3. The predicted molar refractivity (Wildman–Crippen MR) is 249 cm³/mol. The van der Waals surface area contributed by atoms with Gasteiger partial charge in [-0.1, -0.05) is 153 Å². The summed E-state index contributed by atoms with van der Waals surface area (Å²) in [7, 11) is 0. The van der Waals surface area contributed by atoms with E-state index in [1.54, 1.807) is 59.2 Å². The minimum absolute atomic E-state index is 0.0563. The van der Waals surface area contributed by atoms with Crippen molar-refractivity contribution in [2.45, 2.75) is 85.3 Å². The molecule has 2 heterocycles. The average molecular weight is 791 g/mol. The minimum atomic E-state index is -3.18. The Morgan fingerprint density at radius 2 is 1.34 bits per heavy atom. The third kappa shape index (κ3) is 7.72. The number of rotatable bonds is 6. The van der Waals surface area contributed by atoms with Crippen LogP contribution in [0, 0.1) is 6.85 Å². The van der Waals surface area contributed by atoms with Crippen LogP contribution in [-0.4, -0.2) is 19.6 Å². The van der Waals surface area contributed by atoms with E-state index >= 15 is 0 Å². The molecule has 0 aliphatic carbocycles. The normalized spacial score (nSPS) is 17.1. The predicted octanol–water partition coefficient (Wildman–Crippen LogP) is 14.7. The number of aromatic nitrogens is 3. The van der Waals surface area contributed by atoms with E-state index in [9.17, 15) is 6.48 Å². The van der Waals surface area contributed by atoms with Crippen LogP contribution in [0.5, 0.6) is 5.75 Å². The molecule has 0 unspecified atom stereocenters. The van der Waals surface area contributed by atoms with Crippen LogP contribution >= 0.6 is 0 Å². The van der Waals surface area contributed by atoms with Gasteiger partial charge in [-0.3, -0.25) is 9.55 Å². The van der Waals surface area contributed by atoms with Gasteiger partial charge < -0.3 is 5.11 Å². The van der Waals surface area contributed by atoms with Gasteiger partial charge in [0.2, 0.25) is 0 Å². The first-order valence-corrected chi connectivity index (χ1v) is 19.3. The molecule has 8 rings (SSSR count). The Morgan fingerprint density at radius 3 is 2.05 bits per heavy atom. The Hall–Kier alpha value is -6.26. The standard InChI is InChI=1S/C55H55N3O/c1-35-28-38(36-18-13-11-14-19-36)24-25-48(35)58-49-23-17-22-44(50(49)57-52(58)45-33-43(54(5,6)7)34-46(51(45)59)55(8,9)10)40-29-41(31-42(30-40)53(2,3)4)47-32-39(26-27-56-47)37-20-15-12-16-21-37/h11-34,59H,1-10H3/i1D3,8D3,9D3,12D,15D,16D,20D,21D,26D,27D,32D. The van der Waals surface area contributed by atoms with Gasteiger partial charge in [-0.15, -0.1) is 0 Å². The Morgan fingerprint density at radius 1 is 0.610 bits per heavy atom. The maximum atomic E-state index is 12.7. The molecule has 1 N–H and O–H groups in total. The second-order valence-corrected chi connectivity index (χ2v) is 17.1. The van der Waals surface area contributed by atoms with Crippen LogP contribution in [0.15, 0.2) is 146 Å². The summed E-state index contributed by atoms with van der Waals surface area (Å²) in [6.45, 7) is 3.32. The third-order valence-corrected chi connectivity index (χ3v) is 10.5. The number of aromatic hydroxyl groups is 1. The van der Waals surface area contributed by atoms with Crippen molar-refractivity contribution in [3.63, 3.8) is 0 Å². The fourth-order valence-electron chi connectivity index (χ4n) is 7.22. The van der Waals surface area contributed by atoms with Crippen LogP contribution in [-0.2, 0) is 16.2 Å². The molecule has 0 aliphatic rings. The molecule has 6 aromatic carbocycles. The summed E-state index contributed by atoms with van der Waals surface area (Å²) in [6, 6.07) is 23.2. The lowest BCUT2D eigenvalue weighted by molar-refractivity contribution is 0.446. The van der Waals surface area contributed by atoms with Crippen molar-refractivity contribution in [2.75, 3.05) is 0 Å². The number of phenolic OH excluding ortho intramolecular Hbond substituents is 1. The quantitative estimate of drug-likeness (QED) is 0.182. The van der Waals surface area contributed by atoms with Crippen LogP contribution in [0.1, 0.15) is 108 Å². The number of phenols is 1. The van der Waals surface area contributed by atoms with Crippen molar-refractivity contribution in [2.24, 2.45) is 0 Å².